The van der Waals surface area contributed by atoms with E-state index in [0.29, 0.717) is 18.8 Å². The first-order valence-corrected chi connectivity index (χ1v) is 15.7. The summed E-state index contributed by atoms with van der Waals surface area (Å²) in [6, 6.07) is 17.5. The molecule has 242 valence electrons. The predicted octanol–water partition coefficient (Wildman–Crippen LogP) is 6.32. The molecule has 1 amide bonds. The monoisotopic (exact) mass is 626 g/mol. The van der Waals surface area contributed by atoms with Crippen LogP contribution in [0.2, 0.25) is 0 Å². The Kier molecular flexibility index (Phi) is 10.9. The summed E-state index contributed by atoms with van der Waals surface area (Å²) < 4.78 is 25.0. The Morgan fingerprint density at radius 1 is 1.11 bits per heavy atom. The highest BCUT2D eigenvalue weighted by Crippen LogP contribution is 2.25. The van der Waals surface area contributed by atoms with Gasteiger partial charge in [0.25, 0.3) is 0 Å². The molecule has 2 aromatic heterocycles. The number of hydrogen-bond acceptors (Lipinski definition) is 8. The van der Waals surface area contributed by atoms with Gasteiger partial charge >= 0.3 is 6.09 Å². The average Bonchev–Trinajstić information content (AvgIpc) is 3.71. The van der Waals surface area contributed by atoms with Gasteiger partial charge in [0.05, 0.1) is 13.2 Å². The fourth-order valence-electron chi connectivity index (χ4n) is 5.07. The van der Waals surface area contributed by atoms with Gasteiger partial charge in [-0.05, 0) is 88.9 Å². The van der Waals surface area contributed by atoms with Crippen LogP contribution in [-0.4, -0.2) is 62.5 Å². The number of ether oxygens (including phenoxy) is 3. The maximum Gasteiger partial charge on any atom is 0.410 e. The van der Waals surface area contributed by atoms with Crippen LogP contribution >= 0.6 is 0 Å². The number of hydrogen-bond donors (Lipinski definition) is 1. The molecule has 2 aromatic carbocycles. The molecule has 0 saturated carbocycles. The van der Waals surface area contributed by atoms with E-state index in [1.165, 1.54) is 4.90 Å². The molecule has 10 heteroatoms. The highest BCUT2D eigenvalue weighted by molar-refractivity contribution is 5.68. The molecule has 2 atom stereocenters. The topological polar surface area (TPSA) is 112 Å². The second kappa shape index (κ2) is 15.2. The molecule has 1 fully saturated rings. The number of carbonyl (C=O) groups excluding carboxylic acids is 1. The Labute approximate surface area is 270 Å². The molecule has 3 heterocycles. The molecule has 0 radical (unpaired) electrons. The number of aromatic nitrogens is 3. The van der Waals surface area contributed by atoms with E-state index in [1.54, 1.807) is 6.20 Å². The number of aliphatic hydroxyl groups is 1. The van der Waals surface area contributed by atoms with Crippen molar-refractivity contribution in [2.24, 2.45) is 0 Å². The first kappa shape index (κ1) is 32.9. The molecule has 5 rings (SSSR count). The van der Waals surface area contributed by atoms with Gasteiger partial charge in [-0.15, -0.1) is 0 Å². The smallest absolute Gasteiger partial charge is 0.410 e. The molecule has 0 aliphatic carbocycles. The number of amides is 1. The van der Waals surface area contributed by atoms with E-state index in [2.05, 4.69) is 22.0 Å². The van der Waals surface area contributed by atoms with E-state index in [9.17, 15) is 9.90 Å². The zero-order valence-electron chi connectivity index (χ0n) is 26.9. The number of imidazole rings is 1. The molecular weight excluding hydrogens is 584 g/mol. The first-order chi connectivity index (χ1) is 22.2. The largest absolute Gasteiger partial charge is 0.444 e. The fourth-order valence-corrected chi connectivity index (χ4v) is 5.07. The van der Waals surface area contributed by atoms with Gasteiger partial charge in [0.2, 0.25) is 0 Å². The Morgan fingerprint density at radius 3 is 2.48 bits per heavy atom. The highest BCUT2D eigenvalue weighted by Gasteiger charge is 2.23. The van der Waals surface area contributed by atoms with Gasteiger partial charge in [0.1, 0.15) is 23.2 Å². The number of rotatable bonds is 10. The summed E-state index contributed by atoms with van der Waals surface area (Å²) in [4.78, 5) is 18.5. The van der Waals surface area contributed by atoms with Gasteiger partial charge in [0.15, 0.2) is 12.1 Å². The van der Waals surface area contributed by atoms with Gasteiger partial charge < -0.3 is 33.3 Å². The Bertz CT molecular complexity index is 1620. The summed E-state index contributed by atoms with van der Waals surface area (Å²) in [6.07, 6.45) is 5.93. The second-order valence-electron chi connectivity index (χ2n) is 12.3. The molecule has 10 nitrogen and oxygen atoms in total. The molecule has 1 saturated heterocycles. The maximum atomic E-state index is 12.5. The highest BCUT2D eigenvalue weighted by atomic mass is 16.7. The summed E-state index contributed by atoms with van der Waals surface area (Å²) in [5.74, 6) is 7.89. The Hall–Kier alpha value is -4.43. The SMILES string of the molecule is C[C@H](OC1CCCCO1)c1nccn1Cc1cc(-c2ccc(C#Cc3ccc(CN(CCO)C(=O)OC(C)(C)C)cc3)cc2)on1. The van der Waals surface area contributed by atoms with E-state index >= 15 is 0 Å². The summed E-state index contributed by atoms with van der Waals surface area (Å²) in [5, 5.41) is 13.7. The van der Waals surface area contributed by atoms with Crippen LogP contribution in [0, 0.1) is 11.8 Å². The lowest BCUT2D eigenvalue weighted by Crippen LogP contribution is -2.38. The lowest BCUT2D eigenvalue weighted by atomic mass is 10.1. The van der Waals surface area contributed by atoms with E-state index in [0.717, 1.165) is 59.6 Å². The lowest BCUT2D eigenvalue weighted by molar-refractivity contribution is -0.188. The third-order valence-corrected chi connectivity index (χ3v) is 7.37. The molecule has 4 aromatic rings. The normalized spacial score (nSPS) is 15.5. The molecule has 1 aliphatic rings. The van der Waals surface area contributed by atoms with Crippen molar-refractivity contribution in [1.82, 2.24) is 19.6 Å². The quantitative estimate of drug-likeness (QED) is 0.204. The Morgan fingerprint density at radius 2 is 1.83 bits per heavy atom. The van der Waals surface area contributed by atoms with E-state index in [-0.39, 0.29) is 25.5 Å². The summed E-state index contributed by atoms with van der Waals surface area (Å²) >= 11 is 0. The van der Waals surface area contributed by atoms with Crippen molar-refractivity contribution in [3.63, 3.8) is 0 Å². The van der Waals surface area contributed by atoms with Crippen molar-refractivity contribution in [3.05, 3.63) is 95.2 Å². The van der Waals surface area contributed by atoms with Crippen LogP contribution in [-0.2, 0) is 27.3 Å². The van der Waals surface area contributed by atoms with Crippen molar-refractivity contribution in [3.8, 4) is 23.2 Å². The van der Waals surface area contributed by atoms with E-state index in [4.69, 9.17) is 18.7 Å². The van der Waals surface area contributed by atoms with Crippen LogP contribution < -0.4 is 0 Å². The summed E-state index contributed by atoms with van der Waals surface area (Å²) in [6.45, 7) is 9.08. The van der Waals surface area contributed by atoms with Gasteiger partial charge in [-0.3, -0.25) is 0 Å². The molecule has 0 spiro atoms. The minimum absolute atomic E-state index is 0.141. The van der Waals surface area contributed by atoms with E-state index < -0.39 is 11.7 Å². The van der Waals surface area contributed by atoms with Crippen molar-refractivity contribution < 1.29 is 28.6 Å². The van der Waals surface area contributed by atoms with Crippen LogP contribution in [0.25, 0.3) is 11.3 Å². The van der Waals surface area contributed by atoms with Crippen LogP contribution in [0.4, 0.5) is 4.79 Å². The minimum atomic E-state index is -0.606. The number of nitrogens with zero attached hydrogens (tertiary/aromatic N) is 4. The molecule has 1 aliphatic heterocycles. The number of benzene rings is 2. The van der Waals surface area contributed by atoms with Crippen molar-refractivity contribution in [1.29, 1.82) is 0 Å². The van der Waals surface area contributed by atoms with Crippen molar-refractivity contribution in [2.45, 2.75) is 78.0 Å². The van der Waals surface area contributed by atoms with Gasteiger partial charge in [-0.2, -0.15) is 0 Å². The third kappa shape index (κ3) is 9.30. The van der Waals surface area contributed by atoms with Crippen molar-refractivity contribution in [2.75, 3.05) is 19.8 Å². The first-order valence-electron chi connectivity index (χ1n) is 15.7. The third-order valence-electron chi connectivity index (χ3n) is 7.37. The number of carbonyl (C=O) groups is 1. The van der Waals surface area contributed by atoms with Gasteiger partial charge in [0, 0.05) is 54.8 Å². The minimum Gasteiger partial charge on any atom is -0.444 e. The van der Waals surface area contributed by atoms with Gasteiger partial charge in [-0.1, -0.05) is 29.1 Å². The molecule has 46 heavy (non-hydrogen) atoms. The standard InChI is InChI=1S/C36H42N4O6/c1-26(44-33-7-5-6-22-43-33)34-37-18-19-39(34)25-31-23-32(46-38-31)30-16-14-28(15-17-30)9-8-27-10-12-29(13-11-27)24-40(20-21-41)35(42)45-36(2,3)4/h10-19,23,26,33,41H,5-7,20-22,24-25H2,1-4H3/t26-,33?/m0/s1. The van der Waals surface area contributed by atoms with E-state index in [1.807, 2.05) is 93.1 Å². The molecular formula is C36H42N4O6. The Balaban J connectivity index is 1.17. The summed E-state index contributed by atoms with van der Waals surface area (Å²) in [5.41, 5.74) is 3.72. The average molecular weight is 627 g/mol. The predicted molar refractivity (Wildman–Crippen MR) is 173 cm³/mol. The zero-order chi connectivity index (χ0) is 32.5. The van der Waals surface area contributed by atoms with Gasteiger partial charge in [-0.25, -0.2) is 9.78 Å². The lowest BCUT2D eigenvalue weighted by Gasteiger charge is -2.27. The second-order valence-corrected chi connectivity index (χ2v) is 12.3. The van der Waals surface area contributed by atoms with Crippen LogP contribution in [0.3, 0.4) is 0 Å². The molecule has 0 bridgehead atoms. The molecule has 1 N–H and O–H groups in total. The summed E-state index contributed by atoms with van der Waals surface area (Å²) in [7, 11) is 0. The van der Waals surface area contributed by atoms with Crippen LogP contribution in [0.1, 0.15) is 81.3 Å². The maximum absolute atomic E-state index is 12.5. The zero-order valence-corrected chi connectivity index (χ0v) is 26.9. The molecule has 1 unspecified atom stereocenters. The number of aliphatic hydroxyl groups excluding tert-OH is 1. The van der Waals surface area contributed by atoms with Crippen LogP contribution in [0.15, 0.2) is 71.5 Å². The van der Waals surface area contributed by atoms with Crippen LogP contribution in [0.5, 0.6) is 0 Å². The fraction of sp³-hybridized carbons (Fsp3) is 0.417. The van der Waals surface area contributed by atoms with Crippen molar-refractivity contribution >= 4 is 6.09 Å².